The van der Waals surface area contributed by atoms with Gasteiger partial charge in [0.2, 0.25) is 0 Å². The summed E-state index contributed by atoms with van der Waals surface area (Å²) < 4.78 is 13.0. The van der Waals surface area contributed by atoms with Crippen LogP contribution in [0.15, 0.2) is 6.20 Å². The number of nitrogens with one attached hydrogen (secondary N) is 1. The van der Waals surface area contributed by atoms with E-state index in [1.54, 1.807) is 6.20 Å². The Hall–Kier alpha value is -1.89. The second kappa shape index (κ2) is 12.2. The molecule has 190 valence electrons. The first-order valence-corrected chi connectivity index (χ1v) is 13.7. The SMILES string of the molecule is CCOC(=O)[C@@H](NC(=O)c1cnn(C2CCOCC2)c1C)C(C1CCCCC1)C1CCCCC1. The van der Waals surface area contributed by atoms with Crippen LogP contribution in [0, 0.1) is 24.7 Å². The van der Waals surface area contributed by atoms with Crippen molar-refractivity contribution < 1.29 is 19.1 Å². The van der Waals surface area contributed by atoms with Crippen LogP contribution in [0.1, 0.15) is 106 Å². The first-order chi connectivity index (χ1) is 16.6. The molecule has 0 aromatic carbocycles. The summed E-state index contributed by atoms with van der Waals surface area (Å²) >= 11 is 0. The number of carbonyl (C=O) groups is 2. The number of ether oxygens (including phenoxy) is 2. The third-order valence-corrected chi connectivity index (χ3v) is 8.43. The molecule has 1 amide bonds. The number of aromatic nitrogens is 2. The zero-order chi connectivity index (χ0) is 23.9. The predicted octanol–water partition coefficient (Wildman–Crippen LogP) is 4.98. The van der Waals surface area contributed by atoms with E-state index >= 15 is 0 Å². The Labute approximate surface area is 204 Å². The van der Waals surface area contributed by atoms with Crippen LogP contribution >= 0.6 is 0 Å². The normalized spacial score (nSPS) is 22.0. The van der Waals surface area contributed by atoms with Crippen LogP contribution in [-0.2, 0) is 14.3 Å². The zero-order valence-electron chi connectivity index (χ0n) is 21.1. The fourth-order valence-corrected chi connectivity index (χ4v) is 6.67. The summed E-state index contributed by atoms with van der Waals surface area (Å²) in [6, 6.07) is -0.335. The van der Waals surface area contributed by atoms with E-state index < -0.39 is 6.04 Å². The van der Waals surface area contributed by atoms with E-state index in [-0.39, 0.29) is 23.8 Å². The van der Waals surface area contributed by atoms with E-state index in [0.29, 0.717) is 24.0 Å². The Morgan fingerprint density at radius 2 is 1.62 bits per heavy atom. The highest BCUT2D eigenvalue weighted by Crippen LogP contribution is 2.42. The molecule has 7 nitrogen and oxygen atoms in total. The number of hydrogen-bond donors (Lipinski definition) is 1. The topological polar surface area (TPSA) is 82.5 Å². The van der Waals surface area contributed by atoms with Crippen molar-refractivity contribution in [2.24, 2.45) is 17.8 Å². The first-order valence-electron chi connectivity index (χ1n) is 13.7. The molecule has 1 aliphatic heterocycles. The second-order valence-electron chi connectivity index (χ2n) is 10.5. The van der Waals surface area contributed by atoms with Crippen molar-refractivity contribution in [3.8, 4) is 0 Å². The first kappa shape index (κ1) is 25.2. The third kappa shape index (κ3) is 5.84. The van der Waals surface area contributed by atoms with Crippen molar-refractivity contribution in [3.63, 3.8) is 0 Å². The average Bonchev–Trinajstić information content (AvgIpc) is 3.27. The van der Waals surface area contributed by atoms with Crippen LogP contribution in [0.3, 0.4) is 0 Å². The summed E-state index contributed by atoms with van der Waals surface area (Å²) in [4.78, 5) is 26.9. The summed E-state index contributed by atoms with van der Waals surface area (Å²) in [7, 11) is 0. The van der Waals surface area contributed by atoms with Gasteiger partial charge in [0, 0.05) is 18.9 Å². The molecule has 2 heterocycles. The number of rotatable bonds is 8. The highest BCUT2D eigenvalue weighted by Gasteiger charge is 2.42. The van der Waals surface area contributed by atoms with Gasteiger partial charge in [0.15, 0.2) is 0 Å². The summed E-state index contributed by atoms with van der Waals surface area (Å²) in [5.41, 5.74) is 1.42. The van der Waals surface area contributed by atoms with Gasteiger partial charge in [-0.25, -0.2) is 4.79 Å². The van der Waals surface area contributed by atoms with Crippen molar-refractivity contribution in [1.29, 1.82) is 0 Å². The minimum atomic E-state index is -0.593. The summed E-state index contributed by atoms with van der Waals surface area (Å²) in [6.45, 7) is 5.57. The monoisotopic (exact) mass is 473 g/mol. The Morgan fingerprint density at radius 1 is 1.03 bits per heavy atom. The third-order valence-electron chi connectivity index (χ3n) is 8.43. The molecule has 1 saturated heterocycles. The molecule has 0 unspecified atom stereocenters. The van der Waals surface area contributed by atoms with E-state index in [0.717, 1.165) is 57.4 Å². The van der Waals surface area contributed by atoms with Crippen molar-refractivity contribution in [2.75, 3.05) is 19.8 Å². The van der Waals surface area contributed by atoms with Crippen LogP contribution < -0.4 is 5.32 Å². The lowest BCUT2D eigenvalue weighted by molar-refractivity contribution is -0.148. The molecule has 34 heavy (non-hydrogen) atoms. The van der Waals surface area contributed by atoms with Crippen molar-refractivity contribution in [3.05, 3.63) is 17.5 Å². The van der Waals surface area contributed by atoms with Crippen molar-refractivity contribution in [1.82, 2.24) is 15.1 Å². The predicted molar refractivity (Wildman–Crippen MR) is 131 cm³/mol. The molecule has 1 aromatic heterocycles. The maximum absolute atomic E-state index is 13.6. The average molecular weight is 474 g/mol. The molecule has 4 rings (SSSR count). The van der Waals surface area contributed by atoms with E-state index in [4.69, 9.17) is 9.47 Å². The number of hydrogen-bond acceptors (Lipinski definition) is 5. The quantitative estimate of drug-likeness (QED) is 0.539. The van der Waals surface area contributed by atoms with Gasteiger partial charge >= 0.3 is 5.97 Å². The Balaban J connectivity index is 1.57. The van der Waals surface area contributed by atoms with E-state index in [1.165, 1.54) is 38.5 Å². The molecule has 7 heteroatoms. The highest BCUT2D eigenvalue weighted by atomic mass is 16.5. The Bertz CT molecular complexity index is 787. The van der Waals surface area contributed by atoms with E-state index in [2.05, 4.69) is 10.4 Å². The molecule has 0 radical (unpaired) electrons. The lowest BCUT2D eigenvalue weighted by Crippen LogP contribution is -2.52. The smallest absolute Gasteiger partial charge is 0.328 e. The van der Waals surface area contributed by atoms with Gasteiger partial charge in [-0.15, -0.1) is 0 Å². The minimum Gasteiger partial charge on any atom is -0.464 e. The summed E-state index contributed by atoms with van der Waals surface area (Å²) in [5, 5.41) is 7.74. The molecule has 3 fully saturated rings. The van der Waals surface area contributed by atoms with E-state index in [9.17, 15) is 9.59 Å². The van der Waals surface area contributed by atoms with Gasteiger partial charge in [-0.1, -0.05) is 64.2 Å². The minimum absolute atomic E-state index is 0.148. The van der Waals surface area contributed by atoms with Gasteiger partial charge in [-0.2, -0.15) is 5.10 Å². The molecule has 1 aromatic rings. The summed E-state index contributed by atoms with van der Waals surface area (Å²) in [6.07, 6.45) is 15.5. The van der Waals surface area contributed by atoms with Crippen molar-refractivity contribution in [2.45, 2.75) is 103 Å². The molecular weight excluding hydrogens is 430 g/mol. The maximum Gasteiger partial charge on any atom is 0.328 e. The summed E-state index contributed by atoms with van der Waals surface area (Å²) in [5.74, 6) is 0.613. The van der Waals surface area contributed by atoms with Gasteiger partial charge < -0.3 is 14.8 Å². The van der Waals surface area contributed by atoms with Gasteiger partial charge in [-0.3, -0.25) is 9.48 Å². The van der Waals surface area contributed by atoms with Crippen LogP contribution in [0.25, 0.3) is 0 Å². The fraction of sp³-hybridized carbons (Fsp3) is 0.815. The standard InChI is InChI=1S/C27H43N3O4/c1-3-34-27(32)25(24(20-10-6-4-7-11-20)21-12-8-5-9-13-21)29-26(31)23-18-28-30(19(23)2)22-14-16-33-17-15-22/h18,20-22,24-25H,3-17H2,1-2H3,(H,29,31)/t25-/m0/s1. The highest BCUT2D eigenvalue weighted by molar-refractivity contribution is 5.97. The van der Waals surface area contributed by atoms with E-state index in [1.807, 2.05) is 18.5 Å². The lowest BCUT2D eigenvalue weighted by atomic mass is 9.66. The molecule has 2 saturated carbocycles. The van der Waals surface area contributed by atoms with Gasteiger partial charge in [-0.05, 0) is 44.4 Å². The second-order valence-corrected chi connectivity index (χ2v) is 10.5. The Kier molecular flexibility index (Phi) is 9.04. The fourth-order valence-electron chi connectivity index (χ4n) is 6.67. The Morgan fingerprint density at radius 3 is 2.18 bits per heavy atom. The van der Waals surface area contributed by atoms with Crippen LogP contribution in [0.4, 0.5) is 0 Å². The molecule has 0 bridgehead atoms. The van der Waals surface area contributed by atoms with Crippen LogP contribution in [0.2, 0.25) is 0 Å². The van der Waals surface area contributed by atoms with Gasteiger partial charge in [0.05, 0.1) is 24.4 Å². The van der Waals surface area contributed by atoms with Gasteiger partial charge in [0.1, 0.15) is 6.04 Å². The number of nitrogens with zero attached hydrogens (tertiary/aromatic N) is 2. The zero-order valence-corrected chi connectivity index (χ0v) is 21.1. The number of esters is 1. The molecule has 0 spiro atoms. The maximum atomic E-state index is 13.6. The van der Waals surface area contributed by atoms with Crippen LogP contribution in [-0.4, -0.2) is 47.5 Å². The van der Waals surface area contributed by atoms with Crippen LogP contribution in [0.5, 0.6) is 0 Å². The molecule has 3 aliphatic rings. The molecule has 1 N–H and O–H groups in total. The molecule has 1 atom stereocenters. The molecule has 2 aliphatic carbocycles. The number of carbonyl (C=O) groups excluding carboxylic acids is 2. The molecular formula is C27H43N3O4. The lowest BCUT2D eigenvalue weighted by Gasteiger charge is -2.41. The largest absolute Gasteiger partial charge is 0.464 e. The number of amides is 1. The van der Waals surface area contributed by atoms with Gasteiger partial charge in [0.25, 0.3) is 5.91 Å². The van der Waals surface area contributed by atoms with Crippen molar-refractivity contribution >= 4 is 11.9 Å².